The van der Waals surface area contributed by atoms with Crippen molar-refractivity contribution in [2.75, 3.05) is 11.1 Å². The summed E-state index contributed by atoms with van der Waals surface area (Å²) in [5.41, 5.74) is 2.49. The topological polar surface area (TPSA) is 78.4 Å². The van der Waals surface area contributed by atoms with Gasteiger partial charge in [0, 0.05) is 16.6 Å². The number of benzene rings is 2. The molecule has 0 spiro atoms. The van der Waals surface area contributed by atoms with Crippen LogP contribution in [0.3, 0.4) is 0 Å². The minimum absolute atomic E-state index is 0.0961. The van der Waals surface area contributed by atoms with E-state index < -0.39 is 0 Å². The van der Waals surface area contributed by atoms with E-state index in [-0.39, 0.29) is 29.7 Å². The van der Waals surface area contributed by atoms with Crippen LogP contribution in [0, 0.1) is 6.92 Å². The predicted molar refractivity (Wildman–Crippen MR) is 113 cm³/mol. The SMILES string of the molecule is Cc1ccc(NC(=O)CSc2ccccc2C(=O)NC2CCC(O)CC2)cc1. The average molecular weight is 399 g/mol. The van der Waals surface area contributed by atoms with E-state index in [0.717, 1.165) is 41.8 Å². The number of carbonyl (C=O) groups excluding carboxylic acids is 2. The Morgan fingerprint density at radius 1 is 1.04 bits per heavy atom. The van der Waals surface area contributed by atoms with E-state index in [4.69, 9.17) is 0 Å². The molecule has 1 aliphatic rings. The quantitative estimate of drug-likeness (QED) is 0.648. The molecular weight excluding hydrogens is 372 g/mol. The Hall–Kier alpha value is -2.31. The third kappa shape index (κ3) is 5.84. The molecule has 0 bridgehead atoms. The van der Waals surface area contributed by atoms with Crippen molar-refractivity contribution in [3.63, 3.8) is 0 Å². The molecule has 2 aromatic carbocycles. The Morgan fingerprint density at radius 2 is 1.71 bits per heavy atom. The Bertz CT molecular complexity index is 815. The zero-order chi connectivity index (χ0) is 19.9. The van der Waals surface area contributed by atoms with Crippen molar-refractivity contribution in [2.24, 2.45) is 0 Å². The molecule has 28 heavy (non-hydrogen) atoms. The molecular formula is C22H26N2O3S. The monoisotopic (exact) mass is 398 g/mol. The molecule has 0 unspecified atom stereocenters. The maximum atomic E-state index is 12.7. The van der Waals surface area contributed by atoms with Crippen molar-refractivity contribution in [3.05, 3.63) is 59.7 Å². The number of nitrogens with one attached hydrogen (secondary N) is 2. The summed E-state index contributed by atoms with van der Waals surface area (Å²) in [6, 6.07) is 15.1. The van der Waals surface area contributed by atoms with Crippen LogP contribution in [-0.2, 0) is 4.79 Å². The Balaban J connectivity index is 1.56. The van der Waals surface area contributed by atoms with Gasteiger partial charge < -0.3 is 15.7 Å². The first-order valence-electron chi connectivity index (χ1n) is 9.58. The second-order valence-corrected chi connectivity index (χ2v) is 8.20. The summed E-state index contributed by atoms with van der Waals surface area (Å²) in [7, 11) is 0. The number of aryl methyl sites for hydroxylation is 1. The summed E-state index contributed by atoms with van der Waals surface area (Å²) >= 11 is 1.36. The number of aliphatic hydroxyl groups is 1. The van der Waals surface area contributed by atoms with Crippen molar-refractivity contribution in [2.45, 2.75) is 49.6 Å². The van der Waals surface area contributed by atoms with E-state index in [0.29, 0.717) is 5.56 Å². The van der Waals surface area contributed by atoms with Gasteiger partial charge in [0.25, 0.3) is 5.91 Å². The molecule has 0 radical (unpaired) electrons. The van der Waals surface area contributed by atoms with Gasteiger partial charge in [0.2, 0.25) is 5.91 Å². The van der Waals surface area contributed by atoms with E-state index in [1.165, 1.54) is 11.8 Å². The highest BCUT2D eigenvalue weighted by molar-refractivity contribution is 8.00. The molecule has 1 aliphatic carbocycles. The van der Waals surface area contributed by atoms with Gasteiger partial charge in [-0.05, 0) is 56.9 Å². The van der Waals surface area contributed by atoms with Crippen molar-refractivity contribution in [1.82, 2.24) is 5.32 Å². The summed E-state index contributed by atoms with van der Waals surface area (Å²) < 4.78 is 0. The van der Waals surface area contributed by atoms with Gasteiger partial charge in [0.1, 0.15) is 0 Å². The summed E-state index contributed by atoms with van der Waals surface area (Å²) in [5.74, 6) is 0.00196. The smallest absolute Gasteiger partial charge is 0.252 e. The van der Waals surface area contributed by atoms with Gasteiger partial charge in [-0.1, -0.05) is 29.8 Å². The Morgan fingerprint density at radius 3 is 2.43 bits per heavy atom. The zero-order valence-corrected chi connectivity index (χ0v) is 16.8. The molecule has 2 aromatic rings. The molecule has 2 amide bonds. The molecule has 0 aliphatic heterocycles. The summed E-state index contributed by atoms with van der Waals surface area (Å²) in [4.78, 5) is 25.7. The standard InChI is InChI=1S/C22H26N2O3S/c1-15-6-8-16(9-7-15)23-21(26)14-28-20-5-3-2-4-19(20)22(27)24-17-10-12-18(25)13-11-17/h2-9,17-18,25H,10-14H2,1H3,(H,23,26)(H,24,27). The highest BCUT2D eigenvalue weighted by atomic mass is 32.2. The normalized spacial score (nSPS) is 19.1. The molecule has 148 valence electrons. The molecule has 5 nitrogen and oxygen atoms in total. The number of rotatable bonds is 6. The molecule has 0 heterocycles. The number of thioether (sulfide) groups is 1. The largest absolute Gasteiger partial charge is 0.393 e. The third-order valence-electron chi connectivity index (χ3n) is 4.86. The van der Waals surface area contributed by atoms with Crippen LogP contribution in [0.4, 0.5) is 5.69 Å². The number of amides is 2. The van der Waals surface area contributed by atoms with Crippen LogP contribution in [0.1, 0.15) is 41.6 Å². The average Bonchev–Trinajstić information content (AvgIpc) is 2.70. The van der Waals surface area contributed by atoms with Gasteiger partial charge in [-0.25, -0.2) is 0 Å². The van der Waals surface area contributed by atoms with E-state index >= 15 is 0 Å². The molecule has 0 saturated heterocycles. The number of aliphatic hydroxyl groups excluding tert-OH is 1. The van der Waals surface area contributed by atoms with Gasteiger partial charge in [-0.2, -0.15) is 0 Å². The third-order valence-corrected chi connectivity index (χ3v) is 5.93. The summed E-state index contributed by atoms with van der Waals surface area (Å²) in [5, 5.41) is 15.5. The molecule has 1 fully saturated rings. The first kappa shape index (κ1) is 20.4. The maximum Gasteiger partial charge on any atom is 0.252 e. The maximum absolute atomic E-state index is 12.7. The zero-order valence-electron chi connectivity index (χ0n) is 16.0. The van der Waals surface area contributed by atoms with Gasteiger partial charge in [-0.15, -0.1) is 11.8 Å². The van der Waals surface area contributed by atoms with Crippen LogP contribution in [0.5, 0.6) is 0 Å². The lowest BCUT2D eigenvalue weighted by Gasteiger charge is -2.26. The van der Waals surface area contributed by atoms with E-state index in [1.54, 1.807) is 6.07 Å². The van der Waals surface area contributed by atoms with Crippen LogP contribution in [0.2, 0.25) is 0 Å². The molecule has 6 heteroatoms. The second-order valence-electron chi connectivity index (χ2n) is 7.18. The van der Waals surface area contributed by atoms with Crippen molar-refractivity contribution in [1.29, 1.82) is 0 Å². The number of hydrogen-bond donors (Lipinski definition) is 3. The van der Waals surface area contributed by atoms with Gasteiger partial charge >= 0.3 is 0 Å². The van der Waals surface area contributed by atoms with Gasteiger partial charge in [0.15, 0.2) is 0 Å². The van der Waals surface area contributed by atoms with Crippen molar-refractivity contribution >= 4 is 29.3 Å². The molecule has 0 aromatic heterocycles. The van der Waals surface area contributed by atoms with Gasteiger partial charge in [0.05, 0.1) is 17.4 Å². The Labute approximate surface area is 169 Å². The minimum Gasteiger partial charge on any atom is -0.393 e. The van der Waals surface area contributed by atoms with Crippen LogP contribution < -0.4 is 10.6 Å². The fraction of sp³-hybridized carbons (Fsp3) is 0.364. The summed E-state index contributed by atoms with van der Waals surface area (Å²) in [6.45, 7) is 2.00. The highest BCUT2D eigenvalue weighted by Crippen LogP contribution is 2.24. The Kier molecular flexibility index (Phi) is 7.12. The first-order valence-corrected chi connectivity index (χ1v) is 10.6. The van der Waals surface area contributed by atoms with Crippen molar-refractivity contribution in [3.8, 4) is 0 Å². The first-order chi connectivity index (χ1) is 13.5. The number of hydrogen-bond acceptors (Lipinski definition) is 4. The molecule has 1 saturated carbocycles. The lowest BCUT2D eigenvalue weighted by molar-refractivity contribution is -0.113. The van der Waals surface area contributed by atoms with E-state index in [9.17, 15) is 14.7 Å². The fourth-order valence-corrected chi connectivity index (χ4v) is 4.09. The van der Waals surface area contributed by atoms with Gasteiger partial charge in [-0.3, -0.25) is 9.59 Å². The van der Waals surface area contributed by atoms with Crippen LogP contribution in [-0.4, -0.2) is 34.8 Å². The fourth-order valence-electron chi connectivity index (χ4n) is 3.24. The minimum atomic E-state index is -0.247. The lowest BCUT2D eigenvalue weighted by Crippen LogP contribution is -2.38. The second kappa shape index (κ2) is 9.75. The van der Waals surface area contributed by atoms with E-state index in [1.807, 2.05) is 49.4 Å². The van der Waals surface area contributed by atoms with Crippen molar-refractivity contribution < 1.29 is 14.7 Å². The van der Waals surface area contributed by atoms with Crippen LogP contribution >= 0.6 is 11.8 Å². The van der Waals surface area contributed by atoms with Crippen LogP contribution in [0.25, 0.3) is 0 Å². The lowest BCUT2D eigenvalue weighted by atomic mass is 9.93. The molecule has 0 atom stereocenters. The molecule has 3 N–H and O–H groups in total. The highest BCUT2D eigenvalue weighted by Gasteiger charge is 2.22. The number of carbonyl (C=O) groups is 2. The predicted octanol–water partition coefficient (Wildman–Crippen LogP) is 3.76. The number of anilines is 1. The molecule has 3 rings (SSSR count). The van der Waals surface area contributed by atoms with Crippen LogP contribution in [0.15, 0.2) is 53.4 Å². The van der Waals surface area contributed by atoms with E-state index in [2.05, 4.69) is 10.6 Å². The summed E-state index contributed by atoms with van der Waals surface area (Å²) in [6.07, 6.45) is 2.78.